The summed E-state index contributed by atoms with van der Waals surface area (Å²) in [6.07, 6.45) is 8.74. The van der Waals surface area contributed by atoms with Gasteiger partial charge in [-0.05, 0) is 59.7 Å². The number of carbonyl (C=O) groups is 5. The van der Waals surface area contributed by atoms with Crippen molar-refractivity contribution in [3.8, 4) is 0 Å². The monoisotopic (exact) mass is 747 g/mol. The van der Waals surface area contributed by atoms with Crippen molar-refractivity contribution in [2.75, 3.05) is 49.2 Å². The zero-order chi connectivity index (χ0) is 39.6. The minimum absolute atomic E-state index is 0.124. The Labute approximate surface area is 318 Å². The number of anilines is 3. The predicted molar refractivity (Wildman–Crippen MR) is 210 cm³/mol. The van der Waals surface area contributed by atoms with Crippen molar-refractivity contribution in [1.29, 1.82) is 0 Å². The van der Waals surface area contributed by atoms with E-state index in [1.807, 2.05) is 24.3 Å². The molecule has 1 aliphatic rings. The van der Waals surface area contributed by atoms with E-state index in [0.717, 1.165) is 36.4 Å². The van der Waals surface area contributed by atoms with E-state index in [1.54, 1.807) is 84.0 Å². The normalized spacial score (nSPS) is 13.9. The number of aryl methyl sites for hydroxylation is 2. The molecule has 15 nitrogen and oxygen atoms in total. The molecule has 4 amide bonds. The molecule has 2 aromatic carbocycles. The van der Waals surface area contributed by atoms with Gasteiger partial charge in [-0.1, -0.05) is 37.4 Å². The van der Waals surface area contributed by atoms with E-state index in [-0.39, 0.29) is 34.9 Å². The van der Waals surface area contributed by atoms with E-state index in [9.17, 15) is 24.0 Å². The lowest BCUT2D eigenvalue weighted by Gasteiger charge is -2.32. The number of piperidine rings is 1. The molecule has 0 spiro atoms. The van der Waals surface area contributed by atoms with E-state index < -0.39 is 23.7 Å². The third kappa shape index (κ3) is 10.2. The van der Waals surface area contributed by atoms with Crippen LogP contribution < -0.4 is 32.1 Å². The second kappa shape index (κ2) is 17.9. The summed E-state index contributed by atoms with van der Waals surface area (Å²) in [6, 6.07) is 15.2. The van der Waals surface area contributed by atoms with Crippen LogP contribution in [0.15, 0.2) is 91.8 Å². The number of esters is 1. The van der Waals surface area contributed by atoms with Gasteiger partial charge in [-0.3, -0.25) is 19.2 Å². The second-order valence-electron chi connectivity index (χ2n) is 13.1. The average molecular weight is 748 g/mol. The highest BCUT2D eigenvalue weighted by atomic mass is 16.5. The standard InChI is InChI=1S/C40H45N9O6/c1-6-35(50)55-32-15-17-49(18-16-32)20-19-46(3)40(54)36-44-34(25-48(36)5)45-38(52)27-11-13-30(14-12-27)42-39(53)33-22-31(24-47(33)4)43-37(51)26(2)21-28-9-7-8-10-29(28)23-41/h6-14,21-25,32H,1-2,15-20,41H2,3-5H3,(H,42,53)(H,43,51)(H,45,52)/b28-21-,29-23-. The van der Waals surface area contributed by atoms with Crippen LogP contribution in [0.25, 0.3) is 12.3 Å². The lowest BCUT2D eigenvalue weighted by Crippen LogP contribution is -2.42. The van der Waals surface area contributed by atoms with Crippen molar-refractivity contribution in [2.24, 2.45) is 19.8 Å². The Morgan fingerprint density at radius 2 is 1.62 bits per heavy atom. The quantitative estimate of drug-likeness (QED) is 0.118. The average Bonchev–Trinajstić information content (AvgIpc) is 3.74. The highest BCUT2D eigenvalue weighted by Crippen LogP contribution is 2.18. The van der Waals surface area contributed by atoms with E-state index in [1.165, 1.54) is 12.3 Å². The first-order chi connectivity index (χ1) is 26.3. The summed E-state index contributed by atoms with van der Waals surface area (Å²) in [6.45, 7) is 9.92. The maximum absolute atomic E-state index is 13.2. The molecule has 0 saturated carbocycles. The van der Waals surface area contributed by atoms with Gasteiger partial charge >= 0.3 is 5.97 Å². The number of aromatic nitrogens is 3. The summed E-state index contributed by atoms with van der Waals surface area (Å²) in [5, 5.41) is 9.79. The van der Waals surface area contributed by atoms with Gasteiger partial charge in [0, 0.05) is 88.8 Å². The maximum atomic E-state index is 13.2. The number of likely N-dealkylation sites (N-methyl/N-ethyl adjacent to an activating group) is 1. The molecular weight excluding hydrogens is 702 g/mol. The number of ether oxygens (including phenoxy) is 1. The van der Waals surface area contributed by atoms with E-state index in [2.05, 4.69) is 39.0 Å². The number of rotatable bonds is 13. The molecule has 1 aliphatic heterocycles. The molecule has 2 aromatic heterocycles. The first-order valence-corrected chi connectivity index (χ1v) is 17.6. The van der Waals surface area contributed by atoms with Gasteiger partial charge in [0.05, 0.1) is 5.69 Å². The highest BCUT2D eigenvalue weighted by Gasteiger charge is 2.24. The molecule has 286 valence electrons. The zero-order valence-electron chi connectivity index (χ0n) is 31.1. The minimum Gasteiger partial charge on any atom is -0.459 e. The van der Waals surface area contributed by atoms with Crippen LogP contribution in [0, 0.1) is 0 Å². The molecule has 1 saturated heterocycles. The van der Waals surface area contributed by atoms with Crippen LogP contribution in [0.4, 0.5) is 17.2 Å². The summed E-state index contributed by atoms with van der Waals surface area (Å²) in [7, 11) is 5.06. The summed E-state index contributed by atoms with van der Waals surface area (Å²) >= 11 is 0. The molecule has 5 N–H and O–H groups in total. The number of hydrogen-bond acceptors (Lipinski definition) is 9. The number of hydrogen-bond donors (Lipinski definition) is 4. The number of nitrogens with one attached hydrogen (secondary N) is 3. The van der Waals surface area contributed by atoms with Crippen molar-refractivity contribution in [3.63, 3.8) is 0 Å². The molecular formula is C40H45N9O6. The van der Waals surface area contributed by atoms with Gasteiger partial charge in [0.25, 0.3) is 23.6 Å². The van der Waals surface area contributed by atoms with E-state index in [0.29, 0.717) is 30.0 Å². The Hall–Kier alpha value is -6.74. The number of amides is 4. The Kier molecular flexibility index (Phi) is 12.8. The first-order valence-electron chi connectivity index (χ1n) is 17.6. The van der Waals surface area contributed by atoms with Crippen LogP contribution in [-0.2, 0) is 28.4 Å². The first kappa shape index (κ1) is 39.5. The van der Waals surface area contributed by atoms with Crippen LogP contribution in [0.1, 0.15) is 44.3 Å². The topological polar surface area (TPSA) is 186 Å². The lowest BCUT2D eigenvalue weighted by molar-refractivity contribution is -0.145. The SMILES string of the molecule is C=CC(=O)OC1CCN(CCN(C)C(=O)c2nc(NC(=O)c3ccc(NC(=O)c4cc(NC(=O)C(=C)/C=c5/cccc/c5=C/N)cn4C)cc3)cn2C)CC1. The number of likely N-dealkylation sites (tertiary alicyclic amines) is 1. The van der Waals surface area contributed by atoms with Crippen molar-refractivity contribution >= 4 is 59.1 Å². The molecule has 0 unspecified atom stereocenters. The van der Waals surface area contributed by atoms with Gasteiger partial charge < -0.3 is 45.4 Å². The van der Waals surface area contributed by atoms with Crippen molar-refractivity contribution in [2.45, 2.75) is 18.9 Å². The second-order valence-corrected chi connectivity index (χ2v) is 13.1. The summed E-state index contributed by atoms with van der Waals surface area (Å²) in [4.78, 5) is 71.8. The van der Waals surface area contributed by atoms with E-state index in [4.69, 9.17) is 10.5 Å². The maximum Gasteiger partial charge on any atom is 0.330 e. The largest absolute Gasteiger partial charge is 0.459 e. The molecule has 1 fully saturated rings. The lowest BCUT2D eigenvalue weighted by atomic mass is 10.1. The van der Waals surface area contributed by atoms with Gasteiger partial charge in [-0.2, -0.15) is 0 Å². The molecule has 4 aromatic rings. The molecule has 5 rings (SSSR count). The number of nitrogens with zero attached hydrogens (tertiary/aromatic N) is 5. The summed E-state index contributed by atoms with van der Waals surface area (Å²) < 4.78 is 8.47. The molecule has 55 heavy (non-hydrogen) atoms. The molecule has 15 heteroatoms. The van der Waals surface area contributed by atoms with Crippen LogP contribution in [0.5, 0.6) is 0 Å². The number of carbonyl (C=O) groups excluding carboxylic acids is 5. The third-order valence-electron chi connectivity index (χ3n) is 9.09. The van der Waals surface area contributed by atoms with Crippen LogP contribution in [0.2, 0.25) is 0 Å². The zero-order valence-corrected chi connectivity index (χ0v) is 31.1. The molecule has 0 bridgehead atoms. The van der Waals surface area contributed by atoms with Crippen LogP contribution >= 0.6 is 0 Å². The Balaban J connectivity index is 1.11. The fourth-order valence-electron chi connectivity index (χ4n) is 5.96. The Morgan fingerprint density at radius 1 is 0.927 bits per heavy atom. The fourth-order valence-corrected chi connectivity index (χ4v) is 5.96. The smallest absolute Gasteiger partial charge is 0.330 e. The number of nitrogens with two attached hydrogens (primary N) is 1. The van der Waals surface area contributed by atoms with Crippen LogP contribution in [-0.4, -0.2) is 92.8 Å². The Morgan fingerprint density at radius 3 is 2.29 bits per heavy atom. The third-order valence-corrected chi connectivity index (χ3v) is 9.09. The van der Waals surface area contributed by atoms with Crippen molar-refractivity contribution in [1.82, 2.24) is 23.9 Å². The van der Waals surface area contributed by atoms with Gasteiger partial charge in [0.15, 0.2) is 5.82 Å². The van der Waals surface area contributed by atoms with E-state index >= 15 is 0 Å². The molecule has 0 aliphatic carbocycles. The summed E-state index contributed by atoms with van der Waals surface area (Å²) in [5.41, 5.74) is 7.34. The molecule has 0 radical (unpaired) electrons. The summed E-state index contributed by atoms with van der Waals surface area (Å²) in [5.74, 6) is -1.63. The van der Waals surface area contributed by atoms with Crippen molar-refractivity contribution < 1.29 is 28.7 Å². The van der Waals surface area contributed by atoms with Gasteiger partial charge in [-0.15, -0.1) is 0 Å². The van der Waals surface area contributed by atoms with Gasteiger partial charge in [0.1, 0.15) is 11.8 Å². The Bertz CT molecular complexity index is 2230. The number of benzene rings is 2. The minimum atomic E-state index is -0.447. The van der Waals surface area contributed by atoms with Gasteiger partial charge in [0.2, 0.25) is 5.82 Å². The van der Waals surface area contributed by atoms with Gasteiger partial charge in [-0.25, -0.2) is 9.78 Å². The molecule has 3 heterocycles. The molecule has 0 atom stereocenters. The van der Waals surface area contributed by atoms with Crippen LogP contribution in [0.3, 0.4) is 0 Å². The highest BCUT2D eigenvalue weighted by molar-refractivity contribution is 6.10. The number of imidazole rings is 1. The predicted octanol–water partition coefficient (Wildman–Crippen LogP) is 2.20. The fraction of sp³-hybridized carbons (Fsp3) is 0.250. The van der Waals surface area contributed by atoms with Crippen molar-refractivity contribution in [3.05, 3.63) is 119 Å².